The fourth-order valence-electron chi connectivity index (χ4n) is 1.60. The average molecular weight is 210 g/mol. The molecule has 0 aromatic heterocycles. The van der Waals surface area contributed by atoms with E-state index in [0.717, 1.165) is 31.2 Å². The molecule has 0 unspecified atom stereocenters. The maximum Gasteiger partial charge on any atom is 0.0406 e. The first-order valence-corrected chi connectivity index (χ1v) is 5.24. The summed E-state index contributed by atoms with van der Waals surface area (Å²) in [6.07, 6.45) is 0. The van der Waals surface area contributed by atoms with Gasteiger partial charge in [-0.3, -0.25) is 4.90 Å². The van der Waals surface area contributed by atoms with E-state index in [9.17, 15) is 0 Å². The van der Waals surface area contributed by atoms with Gasteiger partial charge in [-0.05, 0) is 17.7 Å². The van der Waals surface area contributed by atoms with Gasteiger partial charge < -0.3 is 5.32 Å². The minimum Gasteiger partial charge on any atom is -0.310 e. The lowest BCUT2D eigenvalue weighted by atomic mass is 10.2. The quantitative estimate of drug-likeness (QED) is 0.801. The molecule has 0 bridgehead atoms. The molecule has 1 heterocycles. The van der Waals surface area contributed by atoms with Crippen molar-refractivity contribution in [2.24, 2.45) is 0 Å². The topological polar surface area (TPSA) is 15.3 Å². The second-order valence-corrected chi connectivity index (χ2v) is 3.96. The number of nitrogens with zero attached hydrogens (tertiary/aromatic N) is 1. The Hall–Kier alpha value is -0.570. The van der Waals surface area contributed by atoms with Gasteiger partial charge in [-0.25, -0.2) is 0 Å². The summed E-state index contributed by atoms with van der Waals surface area (Å²) in [5.41, 5.74) is 1.32. The van der Waals surface area contributed by atoms with Gasteiger partial charge in [0.15, 0.2) is 0 Å². The van der Waals surface area contributed by atoms with E-state index in [0.29, 0.717) is 0 Å². The fourth-order valence-corrected chi connectivity index (χ4v) is 1.73. The third-order valence-electron chi connectivity index (χ3n) is 2.39. The molecule has 75 valence electrons. The van der Waals surface area contributed by atoms with Gasteiger partial charge in [0.1, 0.15) is 0 Å². The van der Waals surface area contributed by atoms with Gasteiger partial charge >= 0.3 is 0 Å². The minimum absolute atomic E-state index is 0.806. The third-order valence-corrected chi connectivity index (χ3v) is 2.64. The molecule has 2 nitrogen and oxygen atoms in total. The molecule has 0 saturated carbocycles. The van der Waals surface area contributed by atoms with E-state index in [2.05, 4.69) is 28.9 Å². The molecule has 1 aliphatic heterocycles. The lowest BCUT2D eigenvalue weighted by Crippen LogP contribution is -2.39. The van der Waals surface area contributed by atoms with E-state index in [1.807, 2.05) is 12.1 Å². The molecular formula is C11H14ClN2. The van der Waals surface area contributed by atoms with Gasteiger partial charge in [-0.1, -0.05) is 23.7 Å². The summed E-state index contributed by atoms with van der Waals surface area (Å²) < 4.78 is 0. The molecule has 1 fully saturated rings. The SMILES string of the molecule is Clc1ccc(CN2C[CH]NCC2)cc1. The number of hydrogen-bond donors (Lipinski definition) is 1. The standard InChI is InChI=1S/C11H14ClN2/c12-11-3-1-10(2-4-11)9-14-7-5-13-6-8-14/h1-5,13H,6-9H2. The molecule has 0 spiro atoms. The number of rotatable bonds is 2. The Morgan fingerprint density at radius 2 is 2.07 bits per heavy atom. The van der Waals surface area contributed by atoms with Gasteiger partial charge in [-0.2, -0.15) is 0 Å². The zero-order chi connectivity index (χ0) is 9.80. The molecule has 0 atom stereocenters. The van der Waals surface area contributed by atoms with Crippen LogP contribution in [0, 0.1) is 6.54 Å². The molecule has 1 aliphatic rings. The average Bonchev–Trinajstić information content (AvgIpc) is 2.23. The summed E-state index contributed by atoms with van der Waals surface area (Å²) in [4.78, 5) is 2.40. The highest BCUT2D eigenvalue weighted by atomic mass is 35.5. The largest absolute Gasteiger partial charge is 0.310 e. The Bertz CT molecular complexity index is 278. The molecule has 2 rings (SSSR count). The Labute approximate surface area is 89.9 Å². The van der Waals surface area contributed by atoms with Crippen LogP contribution >= 0.6 is 11.6 Å². The third kappa shape index (κ3) is 2.71. The van der Waals surface area contributed by atoms with Crippen molar-refractivity contribution in [3.05, 3.63) is 41.4 Å². The molecule has 1 aromatic rings. The van der Waals surface area contributed by atoms with Crippen molar-refractivity contribution < 1.29 is 0 Å². The van der Waals surface area contributed by atoms with Crippen LogP contribution in [0.4, 0.5) is 0 Å². The summed E-state index contributed by atoms with van der Waals surface area (Å²) in [7, 11) is 0. The van der Waals surface area contributed by atoms with E-state index in [1.54, 1.807) is 0 Å². The lowest BCUT2D eigenvalue weighted by molar-refractivity contribution is 0.255. The van der Waals surface area contributed by atoms with Crippen molar-refractivity contribution >= 4 is 11.6 Å². The number of hydrogen-bond acceptors (Lipinski definition) is 2. The second-order valence-electron chi connectivity index (χ2n) is 3.52. The van der Waals surface area contributed by atoms with Crippen molar-refractivity contribution in [1.82, 2.24) is 10.2 Å². The van der Waals surface area contributed by atoms with Gasteiger partial charge in [0.25, 0.3) is 0 Å². The maximum absolute atomic E-state index is 5.82. The number of piperazine rings is 1. The monoisotopic (exact) mass is 209 g/mol. The Morgan fingerprint density at radius 3 is 2.71 bits per heavy atom. The fraction of sp³-hybridized carbons (Fsp3) is 0.364. The van der Waals surface area contributed by atoms with Crippen LogP contribution < -0.4 is 5.32 Å². The van der Waals surface area contributed by atoms with E-state index in [4.69, 9.17) is 11.6 Å². The zero-order valence-electron chi connectivity index (χ0n) is 8.04. The van der Waals surface area contributed by atoms with Crippen LogP contribution in [-0.4, -0.2) is 24.5 Å². The summed E-state index contributed by atoms with van der Waals surface area (Å²) in [6, 6.07) is 8.07. The summed E-state index contributed by atoms with van der Waals surface area (Å²) in [5.74, 6) is 0. The van der Waals surface area contributed by atoms with E-state index in [-0.39, 0.29) is 0 Å². The van der Waals surface area contributed by atoms with Crippen LogP contribution in [-0.2, 0) is 6.54 Å². The molecule has 1 saturated heterocycles. The highest BCUT2D eigenvalue weighted by Gasteiger charge is 2.09. The van der Waals surface area contributed by atoms with Crippen molar-refractivity contribution in [2.45, 2.75) is 6.54 Å². The van der Waals surface area contributed by atoms with Crippen LogP contribution in [0.2, 0.25) is 5.02 Å². The Morgan fingerprint density at radius 1 is 1.29 bits per heavy atom. The molecule has 1 aromatic carbocycles. The highest BCUT2D eigenvalue weighted by molar-refractivity contribution is 6.30. The lowest BCUT2D eigenvalue weighted by Gasteiger charge is -2.26. The van der Waals surface area contributed by atoms with Crippen molar-refractivity contribution in [3.63, 3.8) is 0 Å². The van der Waals surface area contributed by atoms with E-state index >= 15 is 0 Å². The summed E-state index contributed by atoms with van der Waals surface area (Å²) >= 11 is 5.82. The molecule has 3 heteroatoms. The van der Waals surface area contributed by atoms with Gasteiger partial charge in [0, 0.05) is 37.7 Å². The molecule has 1 radical (unpaired) electrons. The van der Waals surface area contributed by atoms with Gasteiger partial charge in [0.2, 0.25) is 0 Å². The number of benzene rings is 1. The number of halogens is 1. The predicted octanol–water partition coefficient (Wildman–Crippen LogP) is 1.91. The van der Waals surface area contributed by atoms with E-state index in [1.165, 1.54) is 5.56 Å². The van der Waals surface area contributed by atoms with Gasteiger partial charge in [-0.15, -0.1) is 0 Å². The minimum atomic E-state index is 0.806. The molecule has 14 heavy (non-hydrogen) atoms. The smallest absolute Gasteiger partial charge is 0.0406 e. The normalized spacial score (nSPS) is 18.4. The number of nitrogens with one attached hydrogen (secondary N) is 1. The Balaban J connectivity index is 1.92. The van der Waals surface area contributed by atoms with Crippen LogP contribution in [0.1, 0.15) is 5.56 Å². The summed E-state index contributed by atoms with van der Waals surface area (Å²) in [6.45, 7) is 6.30. The Kier molecular flexibility index (Phi) is 3.40. The van der Waals surface area contributed by atoms with Crippen LogP contribution in [0.15, 0.2) is 24.3 Å². The second kappa shape index (κ2) is 4.78. The first-order chi connectivity index (χ1) is 6.84. The van der Waals surface area contributed by atoms with Crippen LogP contribution in [0.5, 0.6) is 0 Å². The van der Waals surface area contributed by atoms with Crippen molar-refractivity contribution in [3.8, 4) is 0 Å². The predicted molar refractivity (Wildman–Crippen MR) is 59.0 cm³/mol. The van der Waals surface area contributed by atoms with Gasteiger partial charge in [0.05, 0.1) is 0 Å². The van der Waals surface area contributed by atoms with Crippen molar-refractivity contribution in [1.29, 1.82) is 0 Å². The first-order valence-electron chi connectivity index (χ1n) is 4.86. The van der Waals surface area contributed by atoms with E-state index < -0.39 is 0 Å². The van der Waals surface area contributed by atoms with Crippen LogP contribution in [0.25, 0.3) is 0 Å². The zero-order valence-corrected chi connectivity index (χ0v) is 8.80. The molecular weight excluding hydrogens is 196 g/mol. The maximum atomic E-state index is 5.82. The first kappa shape index (κ1) is 9.97. The van der Waals surface area contributed by atoms with Crippen LogP contribution in [0.3, 0.4) is 0 Å². The summed E-state index contributed by atoms with van der Waals surface area (Å²) in [5, 5.41) is 4.03. The molecule has 0 aliphatic carbocycles. The molecule has 1 N–H and O–H groups in total. The van der Waals surface area contributed by atoms with Crippen molar-refractivity contribution in [2.75, 3.05) is 19.6 Å². The highest BCUT2D eigenvalue weighted by Crippen LogP contribution is 2.11. The molecule has 0 amide bonds.